The summed E-state index contributed by atoms with van der Waals surface area (Å²) in [5, 5.41) is 0. The van der Waals surface area contributed by atoms with Gasteiger partial charge in [-0.3, -0.25) is 4.79 Å². The lowest BCUT2D eigenvalue weighted by atomic mass is 10.0. The number of hydrogen-bond donors (Lipinski definition) is 0. The number of hydrogen-bond acceptors (Lipinski definition) is 1. The molecule has 1 aliphatic rings. The molecule has 82 valence electrons. The zero-order valence-corrected chi connectivity index (χ0v) is 9.41. The van der Waals surface area contributed by atoms with Crippen molar-refractivity contribution in [2.75, 3.05) is 0 Å². The van der Waals surface area contributed by atoms with Crippen LogP contribution in [0.25, 0.3) is 0 Å². The maximum atomic E-state index is 11.6. The van der Waals surface area contributed by atoms with Crippen LogP contribution in [0.15, 0.2) is 30.3 Å². The first kappa shape index (κ1) is 11.0. The number of ketones is 1. The molecule has 0 aliphatic heterocycles. The third-order valence-corrected chi connectivity index (χ3v) is 3.10. The van der Waals surface area contributed by atoms with Crippen LogP contribution in [0, 0.1) is 17.8 Å². The highest BCUT2D eigenvalue weighted by molar-refractivity contribution is 6.08. The quantitative estimate of drug-likeness (QED) is 0.417. The fourth-order valence-electron chi connectivity index (χ4n) is 2.15. The van der Waals surface area contributed by atoms with Crippen LogP contribution >= 0.6 is 0 Å². The van der Waals surface area contributed by atoms with Gasteiger partial charge in [0.05, 0.1) is 0 Å². The number of carbonyl (C=O) groups is 1. The van der Waals surface area contributed by atoms with Crippen molar-refractivity contribution < 1.29 is 4.79 Å². The van der Waals surface area contributed by atoms with Gasteiger partial charge < -0.3 is 0 Å². The fourth-order valence-corrected chi connectivity index (χ4v) is 2.15. The first-order valence-corrected chi connectivity index (χ1v) is 5.94. The SMILES string of the molecule is O=C(C#CCC1CCCC1)c1ccccc1. The van der Waals surface area contributed by atoms with E-state index in [1.165, 1.54) is 25.7 Å². The molecule has 1 nitrogen and oxygen atoms in total. The molecular weight excluding hydrogens is 196 g/mol. The molecule has 1 aromatic rings. The molecule has 0 bridgehead atoms. The minimum absolute atomic E-state index is 0.0569. The summed E-state index contributed by atoms with van der Waals surface area (Å²) in [5.74, 6) is 6.44. The van der Waals surface area contributed by atoms with Gasteiger partial charge in [-0.25, -0.2) is 0 Å². The Morgan fingerprint density at radius 2 is 1.88 bits per heavy atom. The van der Waals surface area contributed by atoms with Crippen LogP contribution in [-0.2, 0) is 0 Å². The van der Waals surface area contributed by atoms with Gasteiger partial charge in [-0.2, -0.15) is 0 Å². The van der Waals surface area contributed by atoms with Crippen molar-refractivity contribution >= 4 is 5.78 Å². The minimum Gasteiger partial charge on any atom is -0.279 e. The van der Waals surface area contributed by atoms with Crippen LogP contribution in [0.3, 0.4) is 0 Å². The highest BCUT2D eigenvalue weighted by Crippen LogP contribution is 2.26. The van der Waals surface area contributed by atoms with E-state index < -0.39 is 0 Å². The molecular formula is C15H16O. The molecule has 0 atom stereocenters. The van der Waals surface area contributed by atoms with Gasteiger partial charge >= 0.3 is 0 Å². The maximum absolute atomic E-state index is 11.6. The summed E-state index contributed by atoms with van der Waals surface area (Å²) in [5.41, 5.74) is 0.696. The van der Waals surface area contributed by atoms with Gasteiger partial charge in [-0.15, -0.1) is 0 Å². The summed E-state index contributed by atoms with van der Waals surface area (Å²) in [4.78, 5) is 11.6. The molecule has 0 spiro atoms. The van der Waals surface area contributed by atoms with Crippen LogP contribution in [0.1, 0.15) is 42.5 Å². The number of Topliss-reactive ketones (excluding diaryl/α,β-unsaturated/α-hetero) is 1. The maximum Gasteiger partial charge on any atom is 0.235 e. The molecule has 1 fully saturated rings. The molecule has 0 N–H and O–H groups in total. The summed E-state index contributed by atoms with van der Waals surface area (Å²) in [6.07, 6.45) is 6.12. The molecule has 0 amide bonds. The van der Waals surface area contributed by atoms with Gasteiger partial charge in [-0.1, -0.05) is 49.1 Å². The predicted octanol–water partition coefficient (Wildman–Crippen LogP) is 3.45. The monoisotopic (exact) mass is 212 g/mol. The Kier molecular flexibility index (Phi) is 3.77. The smallest absolute Gasteiger partial charge is 0.235 e. The summed E-state index contributed by atoms with van der Waals surface area (Å²) in [6.45, 7) is 0. The normalized spacial score (nSPS) is 15.5. The second-order valence-corrected chi connectivity index (χ2v) is 4.35. The van der Waals surface area contributed by atoms with Crippen LogP contribution in [0.2, 0.25) is 0 Å². The van der Waals surface area contributed by atoms with E-state index in [4.69, 9.17) is 0 Å². The topological polar surface area (TPSA) is 17.1 Å². The molecule has 2 rings (SSSR count). The van der Waals surface area contributed by atoms with Crippen molar-refractivity contribution in [3.8, 4) is 11.8 Å². The van der Waals surface area contributed by atoms with Crippen molar-refractivity contribution in [1.29, 1.82) is 0 Å². The Bertz CT molecular complexity index is 402. The third-order valence-electron chi connectivity index (χ3n) is 3.10. The van der Waals surface area contributed by atoms with E-state index in [0.717, 1.165) is 12.3 Å². The first-order chi connectivity index (χ1) is 7.86. The van der Waals surface area contributed by atoms with Crippen molar-refractivity contribution in [3.63, 3.8) is 0 Å². The summed E-state index contributed by atoms with van der Waals surface area (Å²) < 4.78 is 0. The van der Waals surface area contributed by atoms with Gasteiger partial charge in [0.25, 0.3) is 0 Å². The Balaban J connectivity index is 1.89. The molecule has 1 aromatic carbocycles. The lowest BCUT2D eigenvalue weighted by molar-refractivity contribution is 0.105. The average molecular weight is 212 g/mol. The van der Waals surface area contributed by atoms with E-state index in [1.807, 2.05) is 30.3 Å². The van der Waals surface area contributed by atoms with E-state index >= 15 is 0 Å². The van der Waals surface area contributed by atoms with Gasteiger partial charge in [-0.05, 0) is 24.7 Å². The molecule has 16 heavy (non-hydrogen) atoms. The average Bonchev–Trinajstić information content (AvgIpc) is 2.83. The Morgan fingerprint density at radius 1 is 1.19 bits per heavy atom. The standard InChI is InChI=1S/C15H16O/c16-15(14-10-2-1-3-11-14)12-6-9-13-7-4-5-8-13/h1-3,10-11,13H,4-5,7-9H2. The van der Waals surface area contributed by atoms with E-state index in [0.29, 0.717) is 5.56 Å². The second-order valence-electron chi connectivity index (χ2n) is 4.35. The van der Waals surface area contributed by atoms with Crippen LogP contribution < -0.4 is 0 Å². The number of rotatable bonds is 2. The molecule has 0 unspecified atom stereocenters. The molecule has 0 aromatic heterocycles. The van der Waals surface area contributed by atoms with Crippen LogP contribution in [-0.4, -0.2) is 5.78 Å². The molecule has 0 radical (unpaired) electrons. The van der Waals surface area contributed by atoms with Gasteiger partial charge in [0.2, 0.25) is 5.78 Å². The Morgan fingerprint density at radius 3 is 2.56 bits per heavy atom. The Labute approximate surface area is 96.9 Å². The second kappa shape index (κ2) is 5.51. The van der Waals surface area contributed by atoms with Gasteiger partial charge in [0, 0.05) is 12.0 Å². The van der Waals surface area contributed by atoms with Crippen LogP contribution in [0.5, 0.6) is 0 Å². The molecule has 1 heteroatoms. The first-order valence-electron chi connectivity index (χ1n) is 5.94. The Hall–Kier alpha value is -1.55. The number of benzene rings is 1. The predicted molar refractivity (Wildman–Crippen MR) is 65.1 cm³/mol. The van der Waals surface area contributed by atoms with Crippen molar-refractivity contribution in [1.82, 2.24) is 0 Å². The summed E-state index contributed by atoms with van der Waals surface area (Å²) in [7, 11) is 0. The number of carbonyl (C=O) groups excluding carboxylic acids is 1. The zero-order valence-electron chi connectivity index (χ0n) is 9.41. The van der Waals surface area contributed by atoms with Crippen LogP contribution in [0.4, 0.5) is 0 Å². The van der Waals surface area contributed by atoms with Crippen molar-refractivity contribution in [2.24, 2.45) is 5.92 Å². The summed E-state index contributed by atoms with van der Waals surface area (Å²) >= 11 is 0. The lowest BCUT2D eigenvalue weighted by Gasteiger charge is -2.00. The van der Waals surface area contributed by atoms with Crippen molar-refractivity contribution in [2.45, 2.75) is 32.1 Å². The zero-order chi connectivity index (χ0) is 11.2. The third kappa shape index (κ3) is 2.97. The highest BCUT2D eigenvalue weighted by atomic mass is 16.1. The van der Waals surface area contributed by atoms with E-state index in [2.05, 4.69) is 11.8 Å². The van der Waals surface area contributed by atoms with Crippen molar-refractivity contribution in [3.05, 3.63) is 35.9 Å². The minimum atomic E-state index is -0.0569. The highest BCUT2D eigenvalue weighted by Gasteiger charge is 2.13. The van der Waals surface area contributed by atoms with Gasteiger partial charge in [0.15, 0.2) is 0 Å². The molecule has 1 aliphatic carbocycles. The van der Waals surface area contributed by atoms with E-state index in [9.17, 15) is 4.79 Å². The van der Waals surface area contributed by atoms with E-state index in [1.54, 1.807) is 0 Å². The lowest BCUT2D eigenvalue weighted by Crippen LogP contribution is -1.95. The summed E-state index contributed by atoms with van der Waals surface area (Å²) in [6, 6.07) is 9.26. The largest absolute Gasteiger partial charge is 0.279 e. The molecule has 0 saturated heterocycles. The fraction of sp³-hybridized carbons (Fsp3) is 0.400. The molecule has 1 saturated carbocycles. The van der Waals surface area contributed by atoms with E-state index in [-0.39, 0.29) is 5.78 Å². The van der Waals surface area contributed by atoms with Gasteiger partial charge in [0.1, 0.15) is 0 Å². The molecule has 0 heterocycles.